The van der Waals surface area contributed by atoms with Crippen molar-refractivity contribution in [2.75, 3.05) is 24.4 Å². The number of methoxy groups -OCH3 is 1. The van der Waals surface area contributed by atoms with E-state index in [9.17, 15) is 19.6 Å². The van der Waals surface area contributed by atoms with Gasteiger partial charge in [-0.2, -0.15) is 5.26 Å². The average molecular weight is 648 g/mol. The zero-order chi connectivity index (χ0) is 26.9. The van der Waals surface area contributed by atoms with E-state index in [1.807, 2.05) is 6.07 Å². The predicted molar refractivity (Wildman–Crippen MR) is 147 cm³/mol. The normalized spacial score (nSPS) is 10.7. The third kappa shape index (κ3) is 7.67. The highest BCUT2D eigenvalue weighted by atomic mass is 79.9. The molecule has 0 aromatic heterocycles. The summed E-state index contributed by atoms with van der Waals surface area (Å²) in [5.74, 6) is -1.39. The number of rotatable bonds is 8. The Bertz CT molecular complexity index is 1420. The maximum absolute atomic E-state index is 12.8. The Morgan fingerprint density at radius 3 is 2.41 bits per heavy atom. The first-order valence-electron chi connectivity index (χ1n) is 10.5. The van der Waals surface area contributed by atoms with Crippen molar-refractivity contribution in [3.63, 3.8) is 0 Å². The largest absolute Gasteiger partial charge is 0.482 e. The van der Waals surface area contributed by atoms with Crippen LogP contribution in [0.2, 0.25) is 5.02 Å². The molecular weight excluding hydrogens is 630 g/mol. The van der Waals surface area contributed by atoms with E-state index in [2.05, 4.69) is 47.2 Å². The molecule has 0 saturated heterocycles. The quantitative estimate of drug-likeness (QED) is 0.171. The molecule has 37 heavy (non-hydrogen) atoms. The van der Waals surface area contributed by atoms with Crippen LogP contribution in [-0.4, -0.2) is 31.5 Å². The minimum atomic E-state index is -0.674. The summed E-state index contributed by atoms with van der Waals surface area (Å²) in [6.45, 7) is -0.354. The SMILES string of the molecule is COC(=O)c1ccc(NC(=O)/C(C#N)=C\c2cc(Br)cc(Br)c2OCC(=O)Nc2ccccc2Cl)cc1. The molecule has 0 fully saturated rings. The minimum absolute atomic E-state index is 0.215. The van der Waals surface area contributed by atoms with Crippen LogP contribution in [0.4, 0.5) is 11.4 Å². The summed E-state index contributed by atoms with van der Waals surface area (Å²) in [5, 5.41) is 15.3. The number of anilines is 2. The summed E-state index contributed by atoms with van der Waals surface area (Å²) in [6, 6.07) is 18.0. The number of carbonyl (C=O) groups excluding carboxylic acids is 3. The van der Waals surface area contributed by atoms with Gasteiger partial charge in [-0.15, -0.1) is 0 Å². The highest BCUT2D eigenvalue weighted by molar-refractivity contribution is 9.11. The summed E-state index contributed by atoms with van der Waals surface area (Å²) < 4.78 is 11.5. The van der Waals surface area contributed by atoms with Crippen LogP contribution in [-0.2, 0) is 14.3 Å². The van der Waals surface area contributed by atoms with Gasteiger partial charge in [-0.25, -0.2) is 4.79 Å². The van der Waals surface area contributed by atoms with Crippen LogP contribution in [0.1, 0.15) is 15.9 Å². The Labute approximate surface area is 234 Å². The van der Waals surface area contributed by atoms with Gasteiger partial charge in [-0.1, -0.05) is 39.7 Å². The fraction of sp³-hybridized carbons (Fsp3) is 0.0769. The lowest BCUT2D eigenvalue weighted by Gasteiger charge is -2.13. The number of ether oxygens (including phenoxy) is 2. The molecule has 0 unspecified atom stereocenters. The Hall–Kier alpha value is -3.65. The van der Waals surface area contributed by atoms with E-state index in [0.29, 0.717) is 36.5 Å². The van der Waals surface area contributed by atoms with Crippen LogP contribution in [0.25, 0.3) is 6.08 Å². The van der Waals surface area contributed by atoms with Crippen molar-refractivity contribution in [3.8, 4) is 11.8 Å². The van der Waals surface area contributed by atoms with Crippen molar-refractivity contribution in [2.45, 2.75) is 0 Å². The number of amides is 2. The number of nitrogens with one attached hydrogen (secondary N) is 2. The number of para-hydroxylation sites is 1. The number of carbonyl (C=O) groups is 3. The molecule has 3 rings (SSSR count). The molecular formula is C26H18Br2ClN3O5. The van der Waals surface area contributed by atoms with Gasteiger partial charge in [-0.05, 0) is 70.5 Å². The maximum Gasteiger partial charge on any atom is 0.337 e. The van der Waals surface area contributed by atoms with Gasteiger partial charge >= 0.3 is 5.97 Å². The fourth-order valence-electron chi connectivity index (χ4n) is 3.04. The van der Waals surface area contributed by atoms with Gasteiger partial charge in [0.1, 0.15) is 17.4 Å². The third-order valence-corrected chi connectivity index (χ3v) is 6.14. The van der Waals surface area contributed by atoms with Gasteiger partial charge in [0.05, 0.1) is 27.9 Å². The fourth-order valence-corrected chi connectivity index (χ4v) is 4.59. The van der Waals surface area contributed by atoms with Crippen molar-refractivity contribution >= 4 is 78.7 Å². The summed E-state index contributed by atoms with van der Waals surface area (Å²) >= 11 is 12.8. The van der Waals surface area contributed by atoms with Crippen LogP contribution >= 0.6 is 43.5 Å². The van der Waals surface area contributed by atoms with Gasteiger partial charge in [-0.3, -0.25) is 9.59 Å². The lowest BCUT2D eigenvalue weighted by atomic mass is 10.1. The van der Waals surface area contributed by atoms with Gasteiger partial charge in [0.2, 0.25) is 0 Å². The Balaban J connectivity index is 1.79. The van der Waals surface area contributed by atoms with Crippen molar-refractivity contribution in [1.82, 2.24) is 0 Å². The van der Waals surface area contributed by atoms with Crippen molar-refractivity contribution < 1.29 is 23.9 Å². The van der Waals surface area contributed by atoms with Crippen molar-refractivity contribution in [2.24, 2.45) is 0 Å². The van der Waals surface area contributed by atoms with E-state index in [4.69, 9.17) is 16.3 Å². The highest BCUT2D eigenvalue weighted by Crippen LogP contribution is 2.34. The molecule has 188 valence electrons. The smallest absolute Gasteiger partial charge is 0.337 e. The number of benzene rings is 3. The zero-order valence-corrected chi connectivity index (χ0v) is 23.1. The van der Waals surface area contributed by atoms with Crippen molar-refractivity contribution in [3.05, 3.63) is 91.3 Å². The first kappa shape index (κ1) is 27.9. The van der Waals surface area contributed by atoms with Crippen LogP contribution in [0.15, 0.2) is 75.2 Å². The number of hydrogen-bond donors (Lipinski definition) is 2. The van der Waals surface area contributed by atoms with Crippen molar-refractivity contribution in [1.29, 1.82) is 5.26 Å². The van der Waals surface area contributed by atoms with E-state index in [0.717, 1.165) is 0 Å². The number of esters is 1. The molecule has 8 nitrogen and oxygen atoms in total. The molecule has 3 aromatic carbocycles. The second-order valence-corrected chi connectivity index (χ2v) is 9.49. The number of nitriles is 1. The van der Waals surface area contributed by atoms with Crippen LogP contribution in [0.3, 0.4) is 0 Å². The van der Waals surface area contributed by atoms with Crippen LogP contribution in [0, 0.1) is 11.3 Å². The van der Waals surface area contributed by atoms with E-state index >= 15 is 0 Å². The van der Waals surface area contributed by atoms with Gasteiger partial charge in [0.15, 0.2) is 6.61 Å². The highest BCUT2D eigenvalue weighted by Gasteiger charge is 2.16. The monoisotopic (exact) mass is 645 g/mol. The molecule has 0 saturated carbocycles. The Kier molecular flexibility index (Phi) is 9.85. The van der Waals surface area contributed by atoms with Gasteiger partial charge in [0, 0.05) is 15.7 Å². The first-order valence-corrected chi connectivity index (χ1v) is 12.5. The van der Waals surface area contributed by atoms with Crippen LogP contribution in [0.5, 0.6) is 5.75 Å². The lowest BCUT2D eigenvalue weighted by Crippen LogP contribution is -2.20. The van der Waals surface area contributed by atoms with E-state index in [1.165, 1.54) is 37.5 Å². The number of hydrogen-bond acceptors (Lipinski definition) is 6. The summed E-state index contributed by atoms with van der Waals surface area (Å²) in [4.78, 5) is 36.8. The maximum atomic E-state index is 12.8. The second-order valence-electron chi connectivity index (χ2n) is 7.32. The van der Waals surface area contributed by atoms with Crippen LogP contribution < -0.4 is 15.4 Å². The molecule has 0 heterocycles. The molecule has 3 aromatic rings. The number of halogens is 3. The molecule has 2 amide bonds. The minimum Gasteiger partial charge on any atom is -0.482 e. The lowest BCUT2D eigenvalue weighted by molar-refractivity contribution is -0.118. The molecule has 2 N–H and O–H groups in total. The standard InChI is InChI=1S/C26H18Br2ClN3O5/c1-36-26(35)15-6-8-19(9-7-15)31-25(34)17(13-30)10-16-11-18(27)12-20(28)24(16)37-14-23(33)32-22-5-3-2-4-21(22)29/h2-12H,14H2,1H3,(H,31,34)(H,32,33)/b17-10-. The summed E-state index contributed by atoms with van der Waals surface area (Å²) in [5.41, 5.74) is 1.29. The summed E-state index contributed by atoms with van der Waals surface area (Å²) in [7, 11) is 1.27. The Morgan fingerprint density at radius 1 is 1.05 bits per heavy atom. The molecule has 0 aliphatic heterocycles. The molecule has 0 aliphatic rings. The van der Waals surface area contributed by atoms with E-state index < -0.39 is 17.8 Å². The molecule has 0 atom stereocenters. The van der Waals surface area contributed by atoms with Gasteiger partial charge < -0.3 is 20.1 Å². The average Bonchev–Trinajstić information content (AvgIpc) is 2.87. The first-order chi connectivity index (χ1) is 17.7. The van der Waals surface area contributed by atoms with E-state index in [-0.39, 0.29) is 17.9 Å². The second kappa shape index (κ2) is 13.1. The topological polar surface area (TPSA) is 118 Å². The third-order valence-electron chi connectivity index (χ3n) is 4.76. The molecule has 0 spiro atoms. The van der Waals surface area contributed by atoms with E-state index in [1.54, 1.807) is 36.4 Å². The number of nitrogens with zero attached hydrogens (tertiary/aromatic N) is 1. The molecule has 0 aliphatic carbocycles. The predicted octanol–water partition coefficient (Wildman–Crippen LogP) is 6.21. The Morgan fingerprint density at radius 2 is 1.76 bits per heavy atom. The molecule has 0 radical (unpaired) electrons. The summed E-state index contributed by atoms with van der Waals surface area (Å²) in [6.07, 6.45) is 1.34. The molecule has 11 heteroatoms. The zero-order valence-electron chi connectivity index (χ0n) is 19.2. The molecule has 0 bridgehead atoms. The van der Waals surface area contributed by atoms with Gasteiger partial charge in [0.25, 0.3) is 11.8 Å².